The third-order valence-electron chi connectivity index (χ3n) is 8.30. The van der Waals surface area contributed by atoms with E-state index >= 15 is 0 Å². The van der Waals surface area contributed by atoms with E-state index in [-0.39, 0.29) is 16.2 Å². The Balaban J connectivity index is 1.82. The molecule has 0 amide bonds. The summed E-state index contributed by atoms with van der Waals surface area (Å²) in [6, 6.07) is 25.5. The van der Waals surface area contributed by atoms with Crippen molar-refractivity contribution in [2.24, 2.45) is 0 Å². The lowest BCUT2D eigenvalue weighted by atomic mass is 9.71. The fourth-order valence-corrected chi connectivity index (χ4v) is 6.06. The highest BCUT2D eigenvalue weighted by atomic mass is 79.9. The largest absolute Gasteiger partial charge is 0.497 e. The van der Waals surface area contributed by atoms with Gasteiger partial charge in [-0.2, -0.15) is 0 Å². The van der Waals surface area contributed by atoms with Crippen molar-refractivity contribution in [2.45, 2.75) is 71.6 Å². The molecule has 0 unspecified atom stereocenters. The fourth-order valence-electron chi connectivity index (χ4n) is 5.52. The Hall–Kier alpha value is -3.44. The first kappa shape index (κ1) is 30.0. The van der Waals surface area contributed by atoms with Gasteiger partial charge in [-0.1, -0.05) is 67.5 Å². The van der Waals surface area contributed by atoms with E-state index < -0.39 is 0 Å². The number of methoxy groups -OCH3 is 2. The standard InChI is InChI=1S/C37H42BrNO3/c1-35(2,3)23-19-29-33(31(38)21-23)42-34-30(37(29,7)8)20-24(36(4,5)6)22-32(34)39(25-11-15-27(40-9)16-12-25)26-13-17-28(41-10)18-14-26/h11-22H,1-10H3. The molecule has 4 aromatic rings. The molecule has 1 aliphatic rings. The first-order valence-electron chi connectivity index (χ1n) is 14.4. The van der Waals surface area contributed by atoms with Gasteiger partial charge in [0.25, 0.3) is 0 Å². The van der Waals surface area contributed by atoms with E-state index in [0.29, 0.717) is 0 Å². The molecule has 0 fully saturated rings. The van der Waals surface area contributed by atoms with Crippen LogP contribution >= 0.6 is 15.9 Å². The van der Waals surface area contributed by atoms with Crippen molar-refractivity contribution in [1.82, 2.24) is 0 Å². The van der Waals surface area contributed by atoms with Crippen LogP contribution in [0.5, 0.6) is 23.0 Å². The second-order valence-electron chi connectivity index (χ2n) is 13.7. The Morgan fingerprint density at radius 3 is 1.50 bits per heavy atom. The van der Waals surface area contributed by atoms with Gasteiger partial charge in [-0.15, -0.1) is 0 Å². The molecular weight excluding hydrogens is 586 g/mol. The van der Waals surface area contributed by atoms with Gasteiger partial charge >= 0.3 is 0 Å². The molecule has 5 rings (SSSR count). The van der Waals surface area contributed by atoms with E-state index in [1.54, 1.807) is 14.2 Å². The number of nitrogens with zero attached hydrogens (tertiary/aromatic N) is 1. The molecule has 0 bridgehead atoms. The van der Waals surface area contributed by atoms with E-state index in [4.69, 9.17) is 14.2 Å². The lowest BCUT2D eigenvalue weighted by molar-refractivity contribution is 0.413. The lowest BCUT2D eigenvalue weighted by Crippen LogP contribution is -2.28. The van der Waals surface area contributed by atoms with Crippen LogP contribution in [0.1, 0.15) is 77.6 Å². The average Bonchev–Trinajstić information content (AvgIpc) is 2.93. The van der Waals surface area contributed by atoms with Crippen LogP contribution in [0.25, 0.3) is 0 Å². The quantitative estimate of drug-likeness (QED) is 0.220. The topological polar surface area (TPSA) is 30.9 Å². The monoisotopic (exact) mass is 627 g/mol. The van der Waals surface area contributed by atoms with Crippen molar-refractivity contribution in [2.75, 3.05) is 19.1 Å². The third kappa shape index (κ3) is 5.40. The predicted octanol–water partition coefficient (Wildman–Crippen LogP) is 11.0. The lowest BCUT2D eigenvalue weighted by Gasteiger charge is -2.40. The molecule has 4 nitrogen and oxygen atoms in total. The summed E-state index contributed by atoms with van der Waals surface area (Å²) >= 11 is 3.89. The van der Waals surface area contributed by atoms with Crippen molar-refractivity contribution in [3.63, 3.8) is 0 Å². The molecule has 0 aliphatic carbocycles. The van der Waals surface area contributed by atoms with Crippen LogP contribution in [0.2, 0.25) is 0 Å². The SMILES string of the molecule is COc1ccc(N(c2ccc(OC)cc2)c2cc(C(C)(C)C)cc3c2Oc2c(Br)cc(C(C)(C)C)cc2C3(C)C)cc1. The van der Waals surface area contributed by atoms with Crippen molar-refractivity contribution in [3.8, 4) is 23.0 Å². The summed E-state index contributed by atoms with van der Waals surface area (Å²) in [7, 11) is 3.38. The van der Waals surface area contributed by atoms with Crippen LogP contribution in [0.4, 0.5) is 17.1 Å². The van der Waals surface area contributed by atoms with E-state index in [1.807, 2.05) is 24.3 Å². The normalized spacial score (nSPS) is 14.0. The number of rotatable bonds is 5. The Bertz CT molecular complexity index is 1560. The average molecular weight is 629 g/mol. The minimum Gasteiger partial charge on any atom is -0.497 e. The molecule has 5 heteroatoms. The van der Waals surface area contributed by atoms with Crippen molar-refractivity contribution < 1.29 is 14.2 Å². The maximum atomic E-state index is 6.99. The van der Waals surface area contributed by atoms with Crippen LogP contribution in [-0.4, -0.2) is 14.2 Å². The first-order valence-corrected chi connectivity index (χ1v) is 15.2. The Morgan fingerprint density at radius 2 is 1.07 bits per heavy atom. The van der Waals surface area contributed by atoms with Crippen LogP contribution in [0.15, 0.2) is 77.3 Å². The zero-order valence-electron chi connectivity index (χ0n) is 26.5. The molecule has 42 heavy (non-hydrogen) atoms. The zero-order chi connectivity index (χ0) is 30.6. The number of ether oxygens (including phenoxy) is 3. The first-order chi connectivity index (χ1) is 19.6. The Morgan fingerprint density at radius 1 is 0.643 bits per heavy atom. The molecule has 0 radical (unpaired) electrons. The highest BCUT2D eigenvalue weighted by molar-refractivity contribution is 9.10. The van der Waals surface area contributed by atoms with E-state index in [9.17, 15) is 0 Å². The maximum absolute atomic E-state index is 6.99. The van der Waals surface area contributed by atoms with Gasteiger partial charge in [0.05, 0.1) is 24.4 Å². The summed E-state index contributed by atoms with van der Waals surface area (Å²) in [5.74, 6) is 3.35. The second kappa shape index (κ2) is 10.7. The molecule has 0 aromatic heterocycles. The van der Waals surface area contributed by atoms with E-state index in [1.165, 1.54) is 22.3 Å². The Labute approximate surface area is 259 Å². The van der Waals surface area contributed by atoms with Crippen molar-refractivity contribution in [1.29, 1.82) is 0 Å². The van der Waals surface area contributed by atoms with Crippen LogP contribution < -0.4 is 19.1 Å². The number of fused-ring (bicyclic) bond motifs is 2. The molecule has 4 aromatic carbocycles. The second-order valence-corrected chi connectivity index (χ2v) is 14.5. The zero-order valence-corrected chi connectivity index (χ0v) is 28.1. The van der Waals surface area contributed by atoms with Gasteiger partial charge < -0.3 is 19.1 Å². The molecule has 220 valence electrons. The molecule has 1 aliphatic heterocycles. The van der Waals surface area contributed by atoms with Gasteiger partial charge in [-0.05, 0) is 98.6 Å². The number of anilines is 3. The van der Waals surface area contributed by atoms with Crippen molar-refractivity contribution in [3.05, 3.63) is 99.5 Å². The molecule has 0 saturated heterocycles. The van der Waals surface area contributed by atoms with E-state index in [2.05, 4.69) is 125 Å². The fraction of sp³-hybridized carbons (Fsp3) is 0.351. The van der Waals surface area contributed by atoms with Crippen molar-refractivity contribution >= 4 is 33.0 Å². The summed E-state index contributed by atoms with van der Waals surface area (Å²) in [5.41, 5.74) is 7.48. The third-order valence-corrected chi connectivity index (χ3v) is 8.89. The van der Waals surface area contributed by atoms with Gasteiger partial charge in [0.1, 0.15) is 17.2 Å². The van der Waals surface area contributed by atoms with Gasteiger partial charge in [0, 0.05) is 27.9 Å². The maximum Gasteiger partial charge on any atom is 0.155 e. The van der Waals surface area contributed by atoms with Gasteiger partial charge in [0.2, 0.25) is 0 Å². The Kier molecular flexibility index (Phi) is 7.64. The highest BCUT2D eigenvalue weighted by Gasteiger charge is 2.40. The van der Waals surface area contributed by atoms with Crippen LogP contribution in [0, 0.1) is 0 Å². The number of hydrogen-bond acceptors (Lipinski definition) is 4. The van der Waals surface area contributed by atoms with Gasteiger partial charge in [0.15, 0.2) is 5.75 Å². The molecule has 0 atom stereocenters. The predicted molar refractivity (Wildman–Crippen MR) is 178 cm³/mol. The number of hydrogen-bond donors (Lipinski definition) is 0. The molecule has 1 heterocycles. The van der Waals surface area contributed by atoms with Gasteiger partial charge in [-0.3, -0.25) is 0 Å². The van der Waals surface area contributed by atoms with E-state index in [0.717, 1.165) is 44.5 Å². The smallest absolute Gasteiger partial charge is 0.155 e. The molecule has 0 spiro atoms. The summed E-state index contributed by atoms with van der Waals surface area (Å²) in [5, 5.41) is 0. The van der Waals surface area contributed by atoms with Crippen LogP contribution in [-0.2, 0) is 16.2 Å². The van der Waals surface area contributed by atoms with Gasteiger partial charge in [-0.25, -0.2) is 0 Å². The molecular formula is C37H42BrNO3. The van der Waals surface area contributed by atoms with Crippen LogP contribution in [0.3, 0.4) is 0 Å². The molecule has 0 N–H and O–H groups in total. The summed E-state index contributed by atoms with van der Waals surface area (Å²) in [6.07, 6.45) is 0. The highest BCUT2D eigenvalue weighted by Crippen LogP contribution is 2.57. The minimum atomic E-state index is -0.311. The summed E-state index contributed by atoms with van der Waals surface area (Å²) < 4.78 is 18.9. The molecule has 0 saturated carbocycles. The summed E-state index contributed by atoms with van der Waals surface area (Å²) in [6.45, 7) is 18.2. The minimum absolute atomic E-state index is 0.00581. The summed E-state index contributed by atoms with van der Waals surface area (Å²) in [4.78, 5) is 2.27. The number of halogens is 1. The number of benzene rings is 4.